The zero-order valence-corrected chi connectivity index (χ0v) is 8.08. The van der Waals surface area contributed by atoms with Crippen LogP contribution in [0.2, 0.25) is 0 Å². The number of aromatic nitrogens is 2. The van der Waals surface area contributed by atoms with Crippen LogP contribution in [-0.4, -0.2) is 15.6 Å². The summed E-state index contributed by atoms with van der Waals surface area (Å²) < 4.78 is 1.75. The molecule has 0 bridgehead atoms. The van der Waals surface area contributed by atoms with E-state index in [-0.39, 0.29) is 5.78 Å². The molecule has 2 rings (SSSR count). The summed E-state index contributed by atoms with van der Waals surface area (Å²) in [5.41, 5.74) is 1.67. The molecule has 0 unspecified atom stereocenters. The van der Waals surface area contributed by atoms with E-state index < -0.39 is 0 Å². The first-order valence-corrected chi connectivity index (χ1v) is 4.70. The Balaban J connectivity index is 2.09. The Morgan fingerprint density at radius 2 is 2.38 bits per heavy atom. The Kier molecular flexibility index (Phi) is 1.94. The van der Waals surface area contributed by atoms with Gasteiger partial charge in [0.05, 0.1) is 0 Å². The van der Waals surface area contributed by atoms with Crippen molar-refractivity contribution in [3.63, 3.8) is 0 Å². The molecule has 1 saturated carbocycles. The van der Waals surface area contributed by atoms with E-state index in [2.05, 4.69) is 5.10 Å². The lowest BCUT2D eigenvalue weighted by molar-refractivity contribution is 0.0970. The molecule has 1 heterocycles. The molecular weight excluding hydrogens is 164 g/mol. The lowest BCUT2D eigenvalue weighted by atomic mass is 10.1. The van der Waals surface area contributed by atoms with Crippen molar-refractivity contribution in [3.8, 4) is 0 Å². The summed E-state index contributed by atoms with van der Waals surface area (Å²) in [5.74, 6) is 0.848. The Hall–Kier alpha value is -1.12. The third-order valence-electron chi connectivity index (χ3n) is 2.57. The highest BCUT2D eigenvalue weighted by molar-refractivity contribution is 5.94. The third-order valence-corrected chi connectivity index (χ3v) is 2.57. The zero-order chi connectivity index (χ0) is 9.42. The summed E-state index contributed by atoms with van der Waals surface area (Å²) in [6.45, 7) is 1.96. The second-order valence-corrected chi connectivity index (χ2v) is 3.87. The van der Waals surface area contributed by atoms with Gasteiger partial charge in [-0.2, -0.15) is 5.10 Å². The van der Waals surface area contributed by atoms with Crippen LogP contribution in [0.1, 0.15) is 35.4 Å². The van der Waals surface area contributed by atoms with Crippen LogP contribution in [0.5, 0.6) is 0 Å². The van der Waals surface area contributed by atoms with Crippen LogP contribution in [0, 0.1) is 12.8 Å². The number of ketones is 1. The van der Waals surface area contributed by atoms with Gasteiger partial charge in [0, 0.05) is 19.2 Å². The van der Waals surface area contributed by atoms with Crippen LogP contribution in [-0.2, 0) is 7.05 Å². The first-order valence-electron chi connectivity index (χ1n) is 4.70. The van der Waals surface area contributed by atoms with Gasteiger partial charge in [0.15, 0.2) is 5.78 Å². The molecule has 0 N–H and O–H groups in total. The summed E-state index contributed by atoms with van der Waals surface area (Å²) in [7, 11) is 1.86. The van der Waals surface area contributed by atoms with Crippen molar-refractivity contribution in [2.75, 3.05) is 0 Å². The van der Waals surface area contributed by atoms with E-state index in [4.69, 9.17) is 0 Å². The summed E-state index contributed by atoms with van der Waals surface area (Å²) in [6.07, 6.45) is 3.13. The molecule has 1 aromatic heterocycles. The van der Waals surface area contributed by atoms with E-state index in [1.165, 1.54) is 12.8 Å². The van der Waals surface area contributed by atoms with Crippen molar-refractivity contribution < 1.29 is 4.79 Å². The van der Waals surface area contributed by atoms with Gasteiger partial charge < -0.3 is 0 Å². The molecule has 0 atom stereocenters. The van der Waals surface area contributed by atoms with Crippen molar-refractivity contribution in [1.29, 1.82) is 0 Å². The van der Waals surface area contributed by atoms with Gasteiger partial charge in [-0.3, -0.25) is 9.48 Å². The molecule has 0 radical (unpaired) electrons. The van der Waals surface area contributed by atoms with Gasteiger partial charge in [-0.25, -0.2) is 0 Å². The molecule has 1 aliphatic carbocycles. The number of carbonyl (C=O) groups is 1. The summed E-state index contributed by atoms with van der Waals surface area (Å²) >= 11 is 0. The summed E-state index contributed by atoms with van der Waals surface area (Å²) in [4.78, 5) is 11.6. The highest BCUT2D eigenvalue weighted by atomic mass is 16.1. The van der Waals surface area contributed by atoms with Crippen molar-refractivity contribution in [2.24, 2.45) is 13.0 Å². The van der Waals surface area contributed by atoms with Gasteiger partial charge in [-0.05, 0) is 31.7 Å². The molecule has 0 amide bonds. The highest BCUT2D eigenvalue weighted by Crippen LogP contribution is 2.33. The lowest BCUT2D eigenvalue weighted by Crippen LogP contribution is -2.02. The average Bonchev–Trinajstić information content (AvgIpc) is 2.81. The van der Waals surface area contributed by atoms with Gasteiger partial charge in [-0.1, -0.05) is 0 Å². The maximum absolute atomic E-state index is 11.6. The molecule has 0 aromatic carbocycles. The standard InChI is InChI=1S/C10H14N2O/c1-7-5-9(11-12(7)2)10(13)6-8-3-4-8/h5,8H,3-4,6H2,1-2H3. The van der Waals surface area contributed by atoms with Gasteiger partial charge >= 0.3 is 0 Å². The number of hydrogen-bond acceptors (Lipinski definition) is 2. The molecule has 3 nitrogen and oxygen atoms in total. The fraction of sp³-hybridized carbons (Fsp3) is 0.600. The Bertz CT molecular complexity index is 317. The van der Waals surface area contributed by atoms with E-state index in [1.807, 2.05) is 20.0 Å². The van der Waals surface area contributed by atoms with E-state index in [1.54, 1.807) is 4.68 Å². The van der Waals surface area contributed by atoms with Gasteiger partial charge in [0.2, 0.25) is 0 Å². The Morgan fingerprint density at radius 1 is 1.69 bits per heavy atom. The first-order chi connectivity index (χ1) is 6.16. The molecule has 0 aliphatic heterocycles. The number of nitrogens with zero attached hydrogens (tertiary/aromatic N) is 2. The fourth-order valence-electron chi connectivity index (χ4n) is 1.39. The van der Waals surface area contributed by atoms with Crippen LogP contribution in [0.25, 0.3) is 0 Å². The quantitative estimate of drug-likeness (QED) is 0.660. The fourth-order valence-corrected chi connectivity index (χ4v) is 1.39. The normalized spacial score (nSPS) is 16.2. The smallest absolute Gasteiger partial charge is 0.183 e. The first kappa shape index (κ1) is 8.48. The van der Waals surface area contributed by atoms with Crippen LogP contribution in [0.3, 0.4) is 0 Å². The van der Waals surface area contributed by atoms with Crippen LogP contribution in [0.4, 0.5) is 0 Å². The monoisotopic (exact) mass is 178 g/mol. The molecule has 0 saturated heterocycles. The summed E-state index contributed by atoms with van der Waals surface area (Å²) in [5, 5.41) is 4.16. The topological polar surface area (TPSA) is 34.9 Å². The second kappa shape index (κ2) is 2.98. The van der Waals surface area contributed by atoms with Crippen LogP contribution in [0.15, 0.2) is 6.07 Å². The maximum atomic E-state index is 11.6. The highest BCUT2D eigenvalue weighted by Gasteiger charge is 2.25. The maximum Gasteiger partial charge on any atom is 0.183 e. The molecule has 0 spiro atoms. The minimum absolute atomic E-state index is 0.200. The number of Topliss-reactive ketones (excluding diaryl/α,β-unsaturated/α-hetero) is 1. The van der Waals surface area contributed by atoms with Gasteiger partial charge in [0.25, 0.3) is 0 Å². The molecule has 1 fully saturated rings. The van der Waals surface area contributed by atoms with Crippen molar-refractivity contribution in [1.82, 2.24) is 9.78 Å². The van der Waals surface area contributed by atoms with Gasteiger partial charge in [0.1, 0.15) is 5.69 Å². The Labute approximate surface area is 77.7 Å². The average molecular weight is 178 g/mol. The van der Waals surface area contributed by atoms with Crippen LogP contribution >= 0.6 is 0 Å². The van der Waals surface area contributed by atoms with E-state index in [9.17, 15) is 4.79 Å². The molecule has 1 aliphatic rings. The molecule has 13 heavy (non-hydrogen) atoms. The van der Waals surface area contributed by atoms with E-state index in [0.717, 1.165) is 5.69 Å². The summed E-state index contributed by atoms with van der Waals surface area (Å²) in [6, 6.07) is 1.87. The lowest BCUT2D eigenvalue weighted by Gasteiger charge is -1.92. The van der Waals surface area contributed by atoms with E-state index >= 15 is 0 Å². The van der Waals surface area contributed by atoms with Crippen molar-refractivity contribution >= 4 is 5.78 Å². The third kappa shape index (κ3) is 1.79. The minimum Gasteiger partial charge on any atom is -0.292 e. The number of aryl methyl sites for hydroxylation is 2. The molecular formula is C10H14N2O. The van der Waals surface area contributed by atoms with E-state index in [0.29, 0.717) is 18.0 Å². The second-order valence-electron chi connectivity index (χ2n) is 3.87. The number of carbonyl (C=O) groups excluding carboxylic acids is 1. The number of hydrogen-bond donors (Lipinski definition) is 0. The minimum atomic E-state index is 0.200. The largest absolute Gasteiger partial charge is 0.292 e. The van der Waals surface area contributed by atoms with Crippen molar-refractivity contribution in [3.05, 3.63) is 17.5 Å². The predicted molar refractivity (Wildman–Crippen MR) is 49.6 cm³/mol. The molecule has 70 valence electrons. The Morgan fingerprint density at radius 3 is 2.85 bits per heavy atom. The SMILES string of the molecule is Cc1cc(C(=O)CC2CC2)nn1C. The molecule has 1 aromatic rings. The van der Waals surface area contributed by atoms with Crippen LogP contribution < -0.4 is 0 Å². The van der Waals surface area contributed by atoms with Gasteiger partial charge in [-0.15, -0.1) is 0 Å². The number of rotatable bonds is 3. The predicted octanol–water partition coefficient (Wildman–Crippen LogP) is 1.71. The molecule has 3 heteroatoms. The van der Waals surface area contributed by atoms with Crippen molar-refractivity contribution in [2.45, 2.75) is 26.2 Å². The zero-order valence-electron chi connectivity index (χ0n) is 8.08.